The van der Waals surface area contributed by atoms with Gasteiger partial charge in [0, 0.05) is 29.4 Å². The molecule has 1 aromatic rings. The van der Waals surface area contributed by atoms with Gasteiger partial charge in [-0.15, -0.1) is 6.42 Å². The van der Waals surface area contributed by atoms with Crippen LogP contribution in [0.1, 0.15) is 37.3 Å². The van der Waals surface area contributed by atoms with E-state index in [9.17, 15) is 9.59 Å². The lowest BCUT2D eigenvalue weighted by Gasteiger charge is -2.28. The number of carbonyl (C=O) groups excluding carboxylic acids is 2. The first-order chi connectivity index (χ1) is 13.4. The first kappa shape index (κ1) is 22.1. The maximum atomic E-state index is 12.8. The van der Waals surface area contributed by atoms with E-state index in [1.54, 1.807) is 12.1 Å². The molecular weight excluding hydrogens is 382 g/mol. The Labute approximate surface area is 170 Å². The minimum absolute atomic E-state index is 0.0400. The number of methoxy groups -OCH3 is 2. The summed E-state index contributed by atoms with van der Waals surface area (Å²) in [6.45, 7) is 3.09. The van der Waals surface area contributed by atoms with Crippen LogP contribution in [0.15, 0.2) is 12.1 Å². The standard InChI is InChI=1S/C21H26ClNO5/c1-5-14-9-17(22)16(18(10-14)26-3)11-19(24)23-21(20(25)27-4)8-7-15(12-21)13-28-6-2/h1,9-10,15H,6-8,11-13H2,2-4H3,(H,23,24). The SMILES string of the molecule is C#Cc1cc(Cl)c(CC(=O)NC2(C(=O)OC)CCC(COCC)C2)c(OC)c1. The van der Waals surface area contributed by atoms with Crippen LogP contribution in [0.2, 0.25) is 5.02 Å². The number of amides is 1. The molecule has 1 aliphatic rings. The summed E-state index contributed by atoms with van der Waals surface area (Å²) in [7, 11) is 2.81. The normalized spacial score (nSPS) is 21.0. The highest BCUT2D eigenvalue weighted by Crippen LogP contribution is 2.36. The van der Waals surface area contributed by atoms with Gasteiger partial charge in [0.25, 0.3) is 0 Å². The molecule has 6 nitrogen and oxygen atoms in total. The monoisotopic (exact) mass is 407 g/mol. The van der Waals surface area contributed by atoms with Crippen LogP contribution in [0.4, 0.5) is 0 Å². The first-order valence-electron chi connectivity index (χ1n) is 9.19. The van der Waals surface area contributed by atoms with Gasteiger partial charge in [-0.1, -0.05) is 17.5 Å². The molecule has 2 unspecified atom stereocenters. The topological polar surface area (TPSA) is 73.9 Å². The highest BCUT2D eigenvalue weighted by molar-refractivity contribution is 6.32. The van der Waals surface area contributed by atoms with Gasteiger partial charge in [-0.3, -0.25) is 4.79 Å². The summed E-state index contributed by atoms with van der Waals surface area (Å²) in [6.07, 6.45) is 7.13. The first-order valence-corrected chi connectivity index (χ1v) is 9.57. The molecule has 0 saturated heterocycles. The third-order valence-electron chi connectivity index (χ3n) is 5.01. The summed E-state index contributed by atoms with van der Waals surface area (Å²) in [4.78, 5) is 25.3. The van der Waals surface area contributed by atoms with Crippen LogP contribution in [0.25, 0.3) is 0 Å². The number of esters is 1. The Kier molecular flexibility index (Phi) is 7.73. The molecule has 152 valence electrons. The van der Waals surface area contributed by atoms with E-state index >= 15 is 0 Å². The number of ether oxygens (including phenoxy) is 3. The van der Waals surface area contributed by atoms with Crippen molar-refractivity contribution in [1.82, 2.24) is 5.32 Å². The molecule has 0 heterocycles. The second kappa shape index (κ2) is 9.81. The Morgan fingerprint density at radius 1 is 1.39 bits per heavy atom. The van der Waals surface area contributed by atoms with E-state index in [2.05, 4.69) is 11.2 Å². The molecule has 28 heavy (non-hydrogen) atoms. The van der Waals surface area contributed by atoms with Crippen molar-refractivity contribution in [3.8, 4) is 18.1 Å². The zero-order valence-corrected chi connectivity index (χ0v) is 17.2. The fourth-order valence-electron chi connectivity index (χ4n) is 3.64. The van der Waals surface area contributed by atoms with Crippen LogP contribution < -0.4 is 10.1 Å². The Bertz CT molecular complexity index is 773. The molecular formula is C21H26ClNO5. The lowest BCUT2D eigenvalue weighted by atomic mass is 9.95. The second-order valence-corrected chi connectivity index (χ2v) is 7.26. The van der Waals surface area contributed by atoms with Crippen LogP contribution in [0, 0.1) is 18.3 Å². The molecule has 1 N–H and O–H groups in total. The Balaban J connectivity index is 2.18. The van der Waals surface area contributed by atoms with Gasteiger partial charge >= 0.3 is 5.97 Å². The lowest BCUT2D eigenvalue weighted by Crippen LogP contribution is -2.54. The van der Waals surface area contributed by atoms with Crippen LogP contribution in [0.3, 0.4) is 0 Å². The minimum atomic E-state index is -1.05. The van der Waals surface area contributed by atoms with Crippen molar-refractivity contribution >= 4 is 23.5 Å². The average molecular weight is 408 g/mol. The van der Waals surface area contributed by atoms with Gasteiger partial charge in [0.2, 0.25) is 5.91 Å². The molecule has 0 spiro atoms. The van der Waals surface area contributed by atoms with E-state index in [0.29, 0.717) is 48.0 Å². The third-order valence-corrected chi connectivity index (χ3v) is 5.34. The lowest BCUT2D eigenvalue weighted by molar-refractivity contribution is -0.150. The van der Waals surface area contributed by atoms with Gasteiger partial charge in [0.15, 0.2) is 0 Å². The number of terminal acetylenes is 1. The van der Waals surface area contributed by atoms with E-state index in [1.807, 2.05) is 6.92 Å². The highest BCUT2D eigenvalue weighted by Gasteiger charge is 2.47. The Morgan fingerprint density at radius 2 is 2.14 bits per heavy atom. The minimum Gasteiger partial charge on any atom is -0.496 e. The Hall–Kier alpha value is -2.23. The maximum absolute atomic E-state index is 12.8. The molecule has 1 aromatic carbocycles. The summed E-state index contributed by atoms with van der Waals surface area (Å²) in [5.41, 5.74) is 0.0302. The summed E-state index contributed by atoms with van der Waals surface area (Å²) >= 11 is 6.29. The van der Waals surface area contributed by atoms with Gasteiger partial charge in [0.1, 0.15) is 11.3 Å². The summed E-state index contributed by atoms with van der Waals surface area (Å²) in [5, 5.41) is 3.22. The number of hydrogen-bond donors (Lipinski definition) is 1. The molecule has 0 radical (unpaired) electrons. The smallest absolute Gasteiger partial charge is 0.331 e. The number of rotatable bonds is 8. The predicted molar refractivity (Wildman–Crippen MR) is 106 cm³/mol. The number of hydrogen-bond acceptors (Lipinski definition) is 5. The van der Waals surface area contributed by atoms with E-state index in [0.717, 1.165) is 6.42 Å². The molecule has 7 heteroatoms. The van der Waals surface area contributed by atoms with Crippen molar-refractivity contribution in [2.75, 3.05) is 27.4 Å². The summed E-state index contributed by atoms with van der Waals surface area (Å²) in [6, 6.07) is 3.26. The molecule has 1 amide bonds. The van der Waals surface area contributed by atoms with Gasteiger partial charge in [-0.05, 0) is 44.2 Å². The maximum Gasteiger partial charge on any atom is 0.331 e. The fraction of sp³-hybridized carbons (Fsp3) is 0.524. The molecule has 0 aromatic heterocycles. The van der Waals surface area contributed by atoms with Gasteiger partial charge in [0.05, 0.1) is 20.6 Å². The molecule has 1 fully saturated rings. The van der Waals surface area contributed by atoms with Gasteiger partial charge < -0.3 is 19.5 Å². The van der Waals surface area contributed by atoms with Crippen molar-refractivity contribution < 1.29 is 23.8 Å². The number of benzene rings is 1. The van der Waals surface area contributed by atoms with E-state index in [4.69, 9.17) is 32.2 Å². The molecule has 2 rings (SSSR count). The molecule has 0 aliphatic heterocycles. The van der Waals surface area contributed by atoms with E-state index < -0.39 is 11.5 Å². The number of carbonyl (C=O) groups is 2. The van der Waals surface area contributed by atoms with Crippen molar-refractivity contribution in [2.45, 2.75) is 38.1 Å². The summed E-state index contributed by atoms with van der Waals surface area (Å²) < 4.78 is 15.8. The van der Waals surface area contributed by atoms with Crippen molar-refractivity contribution in [3.63, 3.8) is 0 Å². The Morgan fingerprint density at radius 3 is 2.75 bits per heavy atom. The van der Waals surface area contributed by atoms with Crippen molar-refractivity contribution in [1.29, 1.82) is 0 Å². The van der Waals surface area contributed by atoms with Crippen molar-refractivity contribution in [3.05, 3.63) is 28.3 Å². The molecule has 2 atom stereocenters. The van der Waals surface area contributed by atoms with Crippen molar-refractivity contribution in [2.24, 2.45) is 5.92 Å². The van der Waals surface area contributed by atoms with Crippen LogP contribution in [-0.2, 0) is 25.5 Å². The van der Waals surface area contributed by atoms with Crippen LogP contribution >= 0.6 is 11.6 Å². The predicted octanol–water partition coefficient (Wildman–Crippen LogP) is 2.74. The average Bonchev–Trinajstić information content (AvgIpc) is 3.10. The number of nitrogens with one attached hydrogen (secondary N) is 1. The quantitative estimate of drug-likeness (QED) is 0.529. The summed E-state index contributed by atoms with van der Waals surface area (Å²) in [5.74, 6) is 2.33. The van der Waals surface area contributed by atoms with E-state index in [-0.39, 0.29) is 18.2 Å². The fourth-order valence-corrected chi connectivity index (χ4v) is 3.92. The van der Waals surface area contributed by atoms with Gasteiger partial charge in [-0.2, -0.15) is 0 Å². The zero-order valence-electron chi connectivity index (χ0n) is 16.5. The molecule has 1 aliphatic carbocycles. The second-order valence-electron chi connectivity index (χ2n) is 6.85. The van der Waals surface area contributed by atoms with Crippen LogP contribution in [0.5, 0.6) is 5.75 Å². The number of halogens is 1. The highest BCUT2D eigenvalue weighted by atomic mass is 35.5. The third kappa shape index (κ3) is 4.98. The van der Waals surface area contributed by atoms with Gasteiger partial charge in [-0.25, -0.2) is 4.79 Å². The molecule has 0 bridgehead atoms. The largest absolute Gasteiger partial charge is 0.496 e. The van der Waals surface area contributed by atoms with E-state index in [1.165, 1.54) is 14.2 Å². The zero-order chi connectivity index (χ0) is 20.7. The van der Waals surface area contributed by atoms with Crippen LogP contribution in [-0.4, -0.2) is 44.8 Å². The molecule has 1 saturated carbocycles.